The Morgan fingerprint density at radius 1 is 0.723 bits per heavy atom. The van der Waals surface area contributed by atoms with E-state index < -0.39 is 34.3 Å². The minimum atomic E-state index is -1.72. The maximum absolute atomic E-state index is 13.6. The van der Waals surface area contributed by atoms with Crippen LogP contribution in [0.25, 0.3) is 0 Å². The molecule has 2 saturated heterocycles. The van der Waals surface area contributed by atoms with Gasteiger partial charge in [0.25, 0.3) is 0 Å². The second-order valence-corrected chi connectivity index (χ2v) is 15.7. The van der Waals surface area contributed by atoms with Crippen molar-refractivity contribution >= 4 is 23.5 Å². The fourth-order valence-electron chi connectivity index (χ4n) is 6.38. The van der Waals surface area contributed by atoms with Crippen molar-refractivity contribution in [2.75, 3.05) is 44.5 Å². The van der Waals surface area contributed by atoms with Crippen LogP contribution in [0.4, 0.5) is 0 Å². The molecule has 0 bridgehead atoms. The zero-order chi connectivity index (χ0) is 33.4. The molecule has 0 spiro atoms. The average Bonchev–Trinajstić information content (AvgIpc) is 3.10. The fraction of sp³-hybridized carbons (Fsp3) is 0.692. The maximum atomic E-state index is 13.6. The van der Waals surface area contributed by atoms with Crippen LogP contribution >= 0.6 is 23.5 Å². The summed E-state index contributed by atoms with van der Waals surface area (Å²) in [5.74, 6) is 0.106. The summed E-state index contributed by atoms with van der Waals surface area (Å²) in [6, 6.07) is 19.2. The molecule has 4 rings (SSSR count). The van der Waals surface area contributed by atoms with Crippen molar-refractivity contribution in [3.05, 3.63) is 71.3 Å². The van der Waals surface area contributed by atoms with Gasteiger partial charge in [-0.1, -0.05) is 108 Å². The Labute approximate surface area is 293 Å². The number of hydrogen-bond acceptors (Lipinski definition) is 8. The van der Waals surface area contributed by atoms with E-state index in [9.17, 15) is 5.11 Å². The number of thioether (sulfide) groups is 2. The molecule has 0 amide bonds. The van der Waals surface area contributed by atoms with Gasteiger partial charge in [0.15, 0.2) is 0 Å². The van der Waals surface area contributed by atoms with Crippen molar-refractivity contribution < 1.29 is 28.8 Å². The smallest absolute Gasteiger partial charge is 0.224 e. The number of ether oxygens (including phenoxy) is 5. The van der Waals surface area contributed by atoms with Gasteiger partial charge in [0.1, 0.15) is 28.5 Å². The van der Waals surface area contributed by atoms with Gasteiger partial charge in [-0.15, -0.1) is 23.5 Å². The van der Waals surface area contributed by atoms with E-state index in [-0.39, 0.29) is 0 Å². The highest BCUT2D eigenvalue weighted by molar-refractivity contribution is 8.18. The molecule has 1 N–H and O–H groups in total. The van der Waals surface area contributed by atoms with Crippen molar-refractivity contribution in [1.29, 1.82) is 0 Å². The highest BCUT2D eigenvalue weighted by Gasteiger charge is 2.67. The van der Waals surface area contributed by atoms with E-state index in [4.69, 9.17) is 23.7 Å². The topological polar surface area (TPSA) is 66.4 Å². The molecule has 5 atom stereocenters. The van der Waals surface area contributed by atoms with Gasteiger partial charge in [-0.25, -0.2) is 0 Å². The van der Waals surface area contributed by atoms with E-state index in [2.05, 4.69) is 82.3 Å². The molecular formula is C39H60O6S2. The van der Waals surface area contributed by atoms with Crippen molar-refractivity contribution in [2.24, 2.45) is 0 Å². The van der Waals surface area contributed by atoms with Crippen molar-refractivity contribution in [2.45, 2.75) is 126 Å². The molecule has 0 aromatic heterocycles. The van der Waals surface area contributed by atoms with Crippen LogP contribution in [-0.2, 0) is 34.2 Å². The molecule has 264 valence electrons. The Kier molecular flexibility index (Phi) is 16.9. The molecule has 8 heteroatoms. The maximum Gasteiger partial charge on any atom is 0.224 e. The Bertz CT molecular complexity index is 1130. The van der Waals surface area contributed by atoms with E-state index in [0.717, 1.165) is 81.3 Å². The molecule has 47 heavy (non-hydrogen) atoms. The SMILES string of the molecule is CCCCOC[C@H]1O[C@@](O)(C2(c3ccccc3Cc3ccccc3)SCCCS2)[C@H](OCCCC)[C@@H](OCCCC)[C@@H]1OCCCC. The van der Waals surface area contributed by atoms with Crippen LogP contribution in [0.5, 0.6) is 0 Å². The molecule has 0 unspecified atom stereocenters. The predicted molar refractivity (Wildman–Crippen MR) is 196 cm³/mol. The Hall–Kier alpha value is -1.10. The quantitative estimate of drug-likeness (QED) is 0.131. The summed E-state index contributed by atoms with van der Waals surface area (Å²) in [4.78, 5) is 0. The third-order valence-corrected chi connectivity index (χ3v) is 12.6. The third-order valence-electron chi connectivity index (χ3n) is 9.02. The van der Waals surface area contributed by atoms with Gasteiger partial charge < -0.3 is 28.8 Å². The van der Waals surface area contributed by atoms with Crippen LogP contribution < -0.4 is 0 Å². The standard InChI is InChI=1S/C39H60O6S2/c1-5-9-23-41-30-34-35(42-24-10-6-2)36(43-25-11-7-3)37(44-26-12-8-4)38(40,45-34)39(46-27-18-28-47-39)33-22-17-16-21-32(33)29-31-19-14-13-15-20-31/h13-17,19-22,34-37,40H,5-12,18,23-30H2,1-4H3/t34-,35-,36+,37-,38-/m1/s1. The van der Waals surface area contributed by atoms with Gasteiger partial charge in [0, 0.05) is 26.4 Å². The molecule has 2 aromatic carbocycles. The van der Waals surface area contributed by atoms with Crippen molar-refractivity contribution in [3.63, 3.8) is 0 Å². The zero-order valence-corrected chi connectivity index (χ0v) is 31.0. The molecule has 0 aliphatic carbocycles. The zero-order valence-electron chi connectivity index (χ0n) is 29.3. The number of rotatable bonds is 21. The fourth-order valence-corrected chi connectivity index (χ4v) is 10.0. The van der Waals surface area contributed by atoms with E-state index in [1.807, 2.05) is 0 Å². The van der Waals surface area contributed by atoms with E-state index >= 15 is 0 Å². The van der Waals surface area contributed by atoms with Crippen molar-refractivity contribution in [3.8, 4) is 0 Å². The van der Waals surface area contributed by atoms with E-state index in [1.54, 1.807) is 23.5 Å². The summed E-state index contributed by atoms with van der Waals surface area (Å²) < 4.78 is 32.8. The Balaban J connectivity index is 1.85. The van der Waals surface area contributed by atoms with E-state index in [0.29, 0.717) is 33.0 Å². The first-order valence-electron chi connectivity index (χ1n) is 18.3. The van der Waals surface area contributed by atoms with Crippen LogP contribution in [0.2, 0.25) is 0 Å². The second kappa shape index (κ2) is 20.5. The summed E-state index contributed by atoms with van der Waals surface area (Å²) in [7, 11) is 0. The average molecular weight is 689 g/mol. The lowest BCUT2D eigenvalue weighted by Crippen LogP contribution is -2.72. The summed E-state index contributed by atoms with van der Waals surface area (Å²) in [6.45, 7) is 11.3. The molecule has 2 aromatic rings. The van der Waals surface area contributed by atoms with E-state index in [1.165, 1.54) is 11.1 Å². The first kappa shape index (κ1) is 38.7. The number of benzene rings is 2. The van der Waals surface area contributed by atoms with Crippen molar-refractivity contribution in [1.82, 2.24) is 0 Å². The highest BCUT2D eigenvalue weighted by atomic mass is 32.2. The van der Waals surface area contributed by atoms with Gasteiger partial charge in [-0.05, 0) is 66.7 Å². The summed E-state index contributed by atoms with van der Waals surface area (Å²) in [6.07, 6.45) is 7.42. The lowest BCUT2D eigenvalue weighted by Gasteiger charge is -2.58. The highest BCUT2D eigenvalue weighted by Crippen LogP contribution is 2.61. The molecule has 0 radical (unpaired) electrons. The van der Waals surface area contributed by atoms with Gasteiger partial charge in [-0.3, -0.25) is 0 Å². The number of hydrogen-bond donors (Lipinski definition) is 1. The summed E-state index contributed by atoms with van der Waals surface area (Å²) >= 11 is 3.59. The van der Waals surface area contributed by atoms with Gasteiger partial charge in [-0.2, -0.15) is 0 Å². The van der Waals surface area contributed by atoms with Crippen LogP contribution in [0, 0.1) is 0 Å². The van der Waals surface area contributed by atoms with Crippen LogP contribution in [0.1, 0.15) is 102 Å². The molecule has 2 heterocycles. The molecule has 2 aliphatic heterocycles. The summed E-state index contributed by atoms with van der Waals surface area (Å²) in [5.41, 5.74) is 3.51. The Morgan fingerprint density at radius 3 is 1.96 bits per heavy atom. The minimum absolute atomic E-state index is 0.325. The molecule has 0 saturated carbocycles. The molecule has 2 aliphatic rings. The van der Waals surface area contributed by atoms with Gasteiger partial charge >= 0.3 is 0 Å². The van der Waals surface area contributed by atoms with Crippen LogP contribution in [0.15, 0.2) is 54.6 Å². The minimum Gasteiger partial charge on any atom is -0.379 e. The van der Waals surface area contributed by atoms with Gasteiger partial charge in [0.05, 0.1) is 6.61 Å². The predicted octanol–water partition coefficient (Wildman–Crippen LogP) is 8.76. The van der Waals surface area contributed by atoms with Crippen LogP contribution in [0.3, 0.4) is 0 Å². The van der Waals surface area contributed by atoms with Gasteiger partial charge in [0.2, 0.25) is 5.79 Å². The molecular weight excluding hydrogens is 629 g/mol. The summed E-state index contributed by atoms with van der Waals surface area (Å²) in [5, 5.41) is 13.6. The largest absolute Gasteiger partial charge is 0.379 e. The Morgan fingerprint density at radius 2 is 1.30 bits per heavy atom. The second-order valence-electron chi connectivity index (χ2n) is 12.8. The third kappa shape index (κ3) is 10.0. The first-order valence-corrected chi connectivity index (χ1v) is 20.2. The first-order chi connectivity index (χ1) is 23.0. The monoisotopic (exact) mass is 688 g/mol. The normalized spacial score (nSPS) is 26.0. The molecule has 2 fully saturated rings. The lowest BCUT2D eigenvalue weighted by molar-refractivity contribution is -0.371. The molecule has 6 nitrogen and oxygen atoms in total. The number of unbranched alkanes of at least 4 members (excludes halogenated alkanes) is 4. The number of aliphatic hydroxyl groups is 1. The van der Waals surface area contributed by atoms with Crippen LogP contribution in [-0.4, -0.2) is 79.8 Å². The lowest BCUT2D eigenvalue weighted by atomic mass is 9.85.